The summed E-state index contributed by atoms with van der Waals surface area (Å²) in [6.45, 7) is 1.60. The summed E-state index contributed by atoms with van der Waals surface area (Å²) in [4.78, 5) is 49.2. The van der Waals surface area contributed by atoms with Gasteiger partial charge >= 0.3 is 17.9 Å². The number of ketones is 1. The molecule has 144 valence electrons. The minimum atomic E-state index is -1.24. The molecular weight excluding hydrogens is 368 g/mol. The third kappa shape index (κ3) is 4.58. The Labute approximate surface area is 160 Å². The number of rotatable bonds is 7. The monoisotopic (exact) mass is 383 g/mol. The van der Waals surface area contributed by atoms with Crippen molar-refractivity contribution in [3.63, 3.8) is 0 Å². The smallest absolute Gasteiger partial charge is 0.349 e. The third-order valence-corrected chi connectivity index (χ3v) is 3.40. The van der Waals surface area contributed by atoms with Crippen LogP contribution in [0.15, 0.2) is 41.0 Å². The zero-order valence-electron chi connectivity index (χ0n) is 15.3. The average Bonchev–Trinajstić information content (AvgIpc) is 2.72. The van der Waals surface area contributed by atoms with E-state index in [1.54, 1.807) is 6.92 Å². The molecule has 9 heteroatoms. The minimum Gasteiger partial charge on any atom is -0.763 e. The Morgan fingerprint density at radius 3 is 2.07 bits per heavy atom. The molecule has 1 aromatic carbocycles. The molecule has 0 radical (unpaired) electrons. The van der Waals surface area contributed by atoms with Gasteiger partial charge in [0, 0.05) is 5.56 Å². The molecule has 0 aliphatic rings. The van der Waals surface area contributed by atoms with Crippen LogP contribution in [0.25, 0.3) is 5.41 Å². The number of benzene rings is 1. The quantitative estimate of drug-likeness (QED) is 0.131. The Hall–Kier alpha value is -4.02. The molecule has 0 atom stereocenters. The number of hydrogen-bond donors (Lipinski definition) is 0. The van der Waals surface area contributed by atoms with Crippen molar-refractivity contribution in [1.29, 1.82) is 5.26 Å². The van der Waals surface area contributed by atoms with E-state index in [0.29, 0.717) is 0 Å². The highest BCUT2D eigenvalue weighted by atomic mass is 16.5. The van der Waals surface area contributed by atoms with Crippen molar-refractivity contribution in [3.8, 4) is 6.07 Å². The Balaban J connectivity index is 3.83. The molecule has 0 heterocycles. The first-order valence-corrected chi connectivity index (χ1v) is 7.77. The van der Waals surface area contributed by atoms with Crippen LogP contribution in [-0.2, 0) is 23.8 Å². The molecule has 0 saturated carbocycles. The van der Waals surface area contributed by atoms with Gasteiger partial charge in [0.2, 0.25) is 0 Å². The fourth-order valence-electron chi connectivity index (χ4n) is 2.17. The van der Waals surface area contributed by atoms with Crippen LogP contribution >= 0.6 is 0 Å². The highest BCUT2D eigenvalue weighted by Gasteiger charge is 2.31. The van der Waals surface area contributed by atoms with Gasteiger partial charge < -0.3 is 19.6 Å². The number of ether oxygens (including phenoxy) is 3. The van der Waals surface area contributed by atoms with E-state index in [4.69, 9.17) is 4.74 Å². The van der Waals surface area contributed by atoms with Crippen molar-refractivity contribution in [2.45, 2.75) is 6.92 Å². The number of Topliss-reactive ketones (excluding diaryl/α,β-unsaturated/α-hetero) is 1. The zero-order chi connectivity index (χ0) is 21.3. The van der Waals surface area contributed by atoms with Crippen LogP contribution in [0, 0.1) is 11.3 Å². The lowest BCUT2D eigenvalue weighted by atomic mass is 9.90. The van der Waals surface area contributed by atoms with Crippen molar-refractivity contribution < 1.29 is 33.4 Å². The van der Waals surface area contributed by atoms with Gasteiger partial charge in [0.15, 0.2) is 5.78 Å². The molecule has 0 N–H and O–H groups in total. The fourth-order valence-corrected chi connectivity index (χ4v) is 2.17. The topological polar surface area (TPSA) is 142 Å². The molecule has 0 aliphatic carbocycles. The number of esters is 3. The molecular formula is C19H15N2O7-. The normalized spacial score (nSPS) is 10.5. The zero-order valence-corrected chi connectivity index (χ0v) is 15.3. The van der Waals surface area contributed by atoms with Gasteiger partial charge in [-0.25, -0.2) is 14.4 Å². The van der Waals surface area contributed by atoms with E-state index in [0.717, 1.165) is 14.2 Å². The number of nitrogens with zero attached hydrogens (tertiary/aromatic N) is 2. The maximum absolute atomic E-state index is 13.1. The van der Waals surface area contributed by atoms with Crippen LogP contribution < -0.4 is 0 Å². The molecule has 0 amide bonds. The van der Waals surface area contributed by atoms with Gasteiger partial charge in [0.1, 0.15) is 11.6 Å². The van der Waals surface area contributed by atoms with Crippen molar-refractivity contribution >= 4 is 29.6 Å². The first kappa shape index (κ1) is 22.0. The molecule has 1 rings (SSSR count). The summed E-state index contributed by atoms with van der Waals surface area (Å²) in [5.41, 5.74) is -3.04. The lowest BCUT2D eigenvalue weighted by molar-refractivity contribution is -0.135. The molecule has 0 unspecified atom stereocenters. The van der Waals surface area contributed by atoms with Gasteiger partial charge in [-0.2, -0.15) is 5.26 Å². The number of methoxy groups -OCH3 is 2. The second-order valence-electron chi connectivity index (χ2n) is 4.93. The molecule has 28 heavy (non-hydrogen) atoms. The van der Waals surface area contributed by atoms with Gasteiger partial charge in [-0.3, -0.25) is 10.7 Å². The third-order valence-electron chi connectivity index (χ3n) is 3.40. The van der Waals surface area contributed by atoms with Gasteiger partial charge in [-0.05, 0) is 13.0 Å². The molecule has 0 spiro atoms. The molecule has 1 aromatic rings. The summed E-state index contributed by atoms with van der Waals surface area (Å²) < 4.78 is 13.8. The first-order chi connectivity index (χ1) is 13.4. The summed E-state index contributed by atoms with van der Waals surface area (Å²) in [5, 5.41) is 18.7. The van der Waals surface area contributed by atoms with E-state index in [9.17, 15) is 29.8 Å². The standard InChI is InChI=1S/C19H15N2O7/c1-4-28-19(25)12-8-6-5-7-11(12)16(22)15(13(9-20)17(23)26-2)14(10-21)18(24)27-3/h5-8H,4H2,1-3H3/q-1/b15-13+. The van der Waals surface area contributed by atoms with E-state index in [-0.39, 0.29) is 17.7 Å². The van der Waals surface area contributed by atoms with E-state index < -0.39 is 40.4 Å². The van der Waals surface area contributed by atoms with Crippen LogP contribution in [-0.4, -0.2) is 50.4 Å². The first-order valence-electron chi connectivity index (χ1n) is 7.77. The molecule has 0 aromatic heterocycles. The summed E-state index contributed by atoms with van der Waals surface area (Å²) >= 11 is 0. The molecule has 0 fully saturated rings. The molecule has 0 bridgehead atoms. The molecule has 0 aliphatic heterocycles. The second-order valence-corrected chi connectivity index (χ2v) is 4.93. The Morgan fingerprint density at radius 2 is 1.61 bits per heavy atom. The Bertz CT molecular complexity index is 947. The predicted octanol–water partition coefficient (Wildman–Crippen LogP) is 1.38. The SMILES string of the molecule is CCOC(=O)c1ccccc1C(=O)/C(C(=C=[N-])C(=O)OC)=C(\C#N)C(=O)OC. The number of carbonyl (C=O) groups excluding carboxylic acids is 4. The molecule has 0 saturated heterocycles. The van der Waals surface area contributed by atoms with Crippen molar-refractivity contribution in [1.82, 2.24) is 0 Å². The van der Waals surface area contributed by atoms with Crippen molar-refractivity contribution in [3.05, 3.63) is 57.5 Å². The average molecular weight is 383 g/mol. The number of carbonyl (C=O) groups is 4. The van der Waals surface area contributed by atoms with Crippen LogP contribution in [0.3, 0.4) is 0 Å². The maximum Gasteiger partial charge on any atom is 0.349 e. The summed E-state index contributed by atoms with van der Waals surface area (Å²) in [5.74, 6) is -2.94. The van der Waals surface area contributed by atoms with Gasteiger partial charge in [-0.15, -0.1) is 0 Å². The van der Waals surface area contributed by atoms with Gasteiger partial charge in [0.25, 0.3) is 0 Å². The van der Waals surface area contributed by atoms with Crippen LogP contribution in [0.4, 0.5) is 0 Å². The minimum absolute atomic E-state index is 0.0351. The van der Waals surface area contributed by atoms with E-state index in [1.807, 2.05) is 0 Å². The van der Waals surface area contributed by atoms with Crippen LogP contribution in [0.2, 0.25) is 0 Å². The highest BCUT2D eigenvalue weighted by Crippen LogP contribution is 2.23. The van der Waals surface area contributed by atoms with Gasteiger partial charge in [-0.1, -0.05) is 18.2 Å². The maximum atomic E-state index is 13.1. The predicted molar refractivity (Wildman–Crippen MR) is 95.3 cm³/mol. The Morgan fingerprint density at radius 1 is 1.04 bits per heavy atom. The lowest BCUT2D eigenvalue weighted by Gasteiger charge is -2.13. The largest absolute Gasteiger partial charge is 0.763 e. The van der Waals surface area contributed by atoms with Crippen molar-refractivity contribution in [2.24, 2.45) is 0 Å². The molecule has 9 nitrogen and oxygen atoms in total. The van der Waals surface area contributed by atoms with Crippen LogP contribution in [0.1, 0.15) is 27.6 Å². The summed E-state index contributed by atoms with van der Waals surface area (Å²) in [7, 11) is 1.91. The highest BCUT2D eigenvalue weighted by molar-refractivity contribution is 6.26. The summed E-state index contributed by atoms with van der Waals surface area (Å²) in [6, 6.07) is 6.86. The lowest BCUT2D eigenvalue weighted by Crippen LogP contribution is -2.21. The van der Waals surface area contributed by atoms with Crippen LogP contribution in [0.5, 0.6) is 0 Å². The van der Waals surface area contributed by atoms with E-state index in [1.165, 1.54) is 36.2 Å². The number of nitriles is 1. The summed E-state index contributed by atoms with van der Waals surface area (Å²) in [6.07, 6.45) is 0. The second kappa shape index (κ2) is 10.2. The van der Waals surface area contributed by atoms with E-state index >= 15 is 0 Å². The van der Waals surface area contributed by atoms with E-state index in [2.05, 4.69) is 9.47 Å². The van der Waals surface area contributed by atoms with Crippen molar-refractivity contribution in [2.75, 3.05) is 20.8 Å². The van der Waals surface area contributed by atoms with Gasteiger partial charge in [0.05, 0.1) is 37.5 Å². The Kier molecular flexibility index (Phi) is 8.03. The number of hydrogen-bond acceptors (Lipinski definition) is 8. The fraction of sp³-hybridized carbons (Fsp3) is 0.211.